The highest BCUT2D eigenvalue weighted by Gasteiger charge is 2.36. The fourth-order valence-corrected chi connectivity index (χ4v) is 2.39. The molecule has 0 heterocycles. The monoisotopic (exact) mass is 209 g/mol. The third kappa shape index (κ3) is 1.66. The standard InChI is InChI=1S/C12H16FNO/c1-12(2)6-10(15)11(14)8-5-7(13)3-4-9(8)12/h3-5,10-11,15H,6,14H2,1-2H3/t10-,11-/m0/s1. The molecular weight excluding hydrogens is 193 g/mol. The molecule has 0 spiro atoms. The van der Waals surface area contributed by atoms with Gasteiger partial charge in [-0.15, -0.1) is 0 Å². The van der Waals surface area contributed by atoms with Crippen molar-refractivity contribution in [3.8, 4) is 0 Å². The van der Waals surface area contributed by atoms with E-state index < -0.39 is 12.1 Å². The average molecular weight is 209 g/mol. The molecule has 3 heteroatoms. The Morgan fingerprint density at radius 3 is 2.80 bits per heavy atom. The second kappa shape index (κ2) is 3.29. The highest BCUT2D eigenvalue weighted by atomic mass is 19.1. The predicted molar refractivity (Wildman–Crippen MR) is 57.0 cm³/mol. The molecule has 0 amide bonds. The lowest BCUT2D eigenvalue weighted by molar-refractivity contribution is 0.0993. The molecule has 2 nitrogen and oxygen atoms in total. The van der Waals surface area contributed by atoms with E-state index in [1.807, 2.05) is 13.8 Å². The van der Waals surface area contributed by atoms with E-state index in [9.17, 15) is 9.50 Å². The Morgan fingerprint density at radius 1 is 1.47 bits per heavy atom. The molecule has 2 rings (SSSR count). The molecule has 1 aromatic rings. The summed E-state index contributed by atoms with van der Waals surface area (Å²) in [6, 6.07) is 4.19. The molecule has 0 radical (unpaired) electrons. The highest BCUT2D eigenvalue weighted by Crippen LogP contribution is 2.40. The van der Waals surface area contributed by atoms with E-state index in [1.54, 1.807) is 6.07 Å². The number of halogens is 1. The second-order valence-corrected chi connectivity index (χ2v) is 4.91. The van der Waals surface area contributed by atoms with Crippen molar-refractivity contribution in [2.75, 3.05) is 0 Å². The van der Waals surface area contributed by atoms with Gasteiger partial charge >= 0.3 is 0 Å². The largest absolute Gasteiger partial charge is 0.391 e. The number of aliphatic hydroxyl groups is 1. The minimum Gasteiger partial charge on any atom is -0.391 e. The fourth-order valence-electron chi connectivity index (χ4n) is 2.39. The van der Waals surface area contributed by atoms with Crippen LogP contribution in [-0.2, 0) is 5.41 Å². The SMILES string of the molecule is CC1(C)C[C@H](O)[C@@H](N)c2cc(F)ccc21. The maximum absolute atomic E-state index is 13.1. The second-order valence-electron chi connectivity index (χ2n) is 4.91. The van der Waals surface area contributed by atoms with Crippen molar-refractivity contribution in [3.05, 3.63) is 35.1 Å². The molecule has 3 N–H and O–H groups in total. The molecule has 1 aliphatic rings. The molecule has 0 bridgehead atoms. The summed E-state index contributed by atoms with van der Waals surface area (Å²) in [6.07, 6.45) is 0.0292. The van der Waals surface area contributed by atoms with E-state index in [1.165, 1.54) is 12.1 Å². The van der Waals surface area contributed by atoms with Gasteiger partial charge in [0, 0.05) is 0 Å². The van der Waals surface area contributed by atoms with Gasteiger partial charge in [-0.2, -0.15) is 0 Å². The van der Waals surface area contributed by atoms with E-state index in [-0.39, 0.29) is 11.2 Å². The molecule has 0 unspecified atom stereocenters. The van der Waals surface area contributed by atoms with Crippen molar-refractivity contribution < 1.29 is 9.50 Å². The van der Waals surface area contributed by atoms with Crippen molar-refractivity contribution in [2.45, 2.75) is 37.8 Å². The van der Waals surface area contributed by atoms with Gasteiger partial charge in [-0.25, -0.2) is 4.39 Å². The van der Waals surface area contributed by atoms with Gasteiger partial charge in [0.15, 0.2) is 0 Å². The first kappa shape index (κ1) is 10.6. The third-order valence-corrected chi connectivity index (χ3v) is 3.24. The summed E-state index contributed by atoms with van der Waals surface area (Å²) in [6.45, 7) is 4.08. The van der Waals surface area contributed by atoms with Crippen LogP contribution in [0.25, 0.3) is 0 Å². The molecular formula is C12H16FNO. The van der Waals surface area contributed by atoms with E-state index in [0.717, 1.165) is 11.1 Å². The first-order chi connectivity index (χ1) is 6.92. The van der Waals surface area contributed by atoms with Crippen molar-refractivity contribution >= 4 is 0 Å². The van der Waals surface area contributed by atoms with Crippen LogP contribution in [0.4, 0.5) is 4.39 Å². The molecule has 15 heavy (non-hydrogen) atoms. The average Bonchev–Trinajstić information content (AvgIpc) is 2.13. The highest BCUT2D eigenvalue weighted by molar-refractivity contribution is 5.39. The Morgan fingerprint density at radius 2 is 2.13 bits per heavy atom. The zero-order valence-electron chi connectivity index (χ0n) is 9.00. The van der Waals surface area contributed by atoms with E-state index in [2.05, 4.69) is 0 Å². The van der Waals surface area contributed by atoms with Crippen LogP contribution < -0.4 is 5.73 Å². The van der Waals surface area contributed by atoms with Crippen molar-refractivity contribution in [1.29, 1.82) is 0 Å². The maximum atomic E-state index is 13.1. The van der Waals surface area contributed by atoms with E-state index >= 15 is 0 Å². The van der Waals surface area contributed by atoms with Crippen LogP contribution in [-0.4, -0.2) is 11.2 Å². The summed E-state index contributed by atoms with van der Waals surface area (Å²) in [7, 11) is 0. The van der Waals surface area contributed by atoms with Crippen LogP contribution >= 0.6 is 0 Å². The normalized spacial score (nSPS) is 28.6. The fraction of sp³-hybridized carbons (Fsp3) is 0.500. The van der Waals surface area contributed by atoms with Crippen molar-refractivity contribution in [2.24, 2.45) is 5.73 Å². The van der Waals surface area contributed by atoms with Crippen LogP contribution in [0, 0.1) is 5.82 Å². The van der Waals surface area contributed by atoms with Gasteiger partial charge < -0.3 is 10.8 Å². The van der Waals surface area contributed by atoms with Gasteiger partial charge in [0.2, 0.25) is 0 Å². The summed E-state index contributed by atoms with van der Waals surface area (Å²) < 4.78 is 13.1. The lowest BCUT2D eigenvalue weighted by Crippen LogP contribution is -2.39. The van der Waals surface area contributed by atoms with Crippen LogP contribution in [0.2, 0.25) is 0 Å². The summed E-state index contributed by atoms with van der Waals surface area (Å²) in [4.78, 5) is 0. The van der Waals surface area contributed by atoms with Gasteiger partial charge in [-0.1, -0.05) is 19.9 Å². The topological polar surface area (TPSA) is 46.2 Å². The number of aliphatic hydroxyl groups excluding tert-OH is 1. The first-order valence-electron chi connectivity index (χ1n) is 5.15. The van der Waals surface area contributed by atoms with Gasteiger partial charge in [-0.3, -0.25) is 0 Å². The summed E-state index contributed by atoms with van der Waals surface area (Å²) in [5, 5.41) is 9.80. The Balaban J connectivity index is 2.59. The quantitative estimate of drug-likeness (QED) is 0.685. The first-order valence-corrected chi connectivity index (χ1v) is 5.15. The van der Waals surface area contributed by atoms with Gasteiger partial charge in [-0.05, 0) is 35.1 Å². The minimum absolute atomic E-state index is 0.141. The van der Waals surface area contributed by atoms with E-state index in [0.29, 0.717) is 6.42 Å². The smallest absolute Gasteiger partial charge is 0.123 e. The zero-order valence-corrected chi connectivity index (χ0v) is 9.00. The predicted octanol–water partition coefficient (Wildman–Crippen LogP) is 1.87. The molecule has 0 aromatic heterocycles. The Bertz CT molecular complexity index is 389. The summed E-state index contributed by atoms with van der Waals surface area (Å²) in [5.74, 6) is -0.297. The molecule has 1 aromatic carbocycles. The summed E-state index contributed by atoms with van der Waals surface area (Å²) in [5.41, 5.74) is 7.50. The van der Waals surface area contributed by atoms with Crippen LogP contribution in [0.1, 0.15) is 37.4 Å². The lowest BCUT2D eigenvalue weighted by Gasteiger charge is -2.38. The maximum Gasteiger partial charge on any atom is 0.123 e. The van der Waals surface area contributed by atoms with E-state index in [4.69, 9.17) is 5.73 Å². The minimum atomic E-state index is -0.589. The van der Waals surface area contributed by atoms with Crippen molar-refractivity contribution in [1.82, 2.24) is 0 Å². The third-order valence-electron chi connectivity index (χ3n) is 3.24. The number of hydrogen-bond donors (Lipinski definition) is 2. The molecule has 2 atom stereocenters. The van der Waals surface area contributed by atoms with Crippen LogP contribution in [0.15, 0.2) is 18.2 Å². The lowest BCUT2D eigenvalue weighted by atomic mass is 9.70. The van der Waals surface area contributed by atoms with Gasteiger partial charge in [0.25, 0.3) is 0 Å². The molecule has 0 aliphatic heterocycles. The Kier molecular flexibility index (Phi) is 2.32. The molecule has 1 aliphatic carbocycles. The van der Waals surface area contributed by atoms with Gasteiger partial charge in [0.05, 0.1) is 12.1 Å². The number of rotatable bonds is 0. The zero-order chi connectivity index (χ0) is 11.2. The Hall–Kier alpha value is -0.930. The number of benzene rings is 1. The summed E-state index contributed by atoms with van der Waals surface area (Å²) >= 11 is 0. The van der Waals surface area contributed by atoms with Crippen LogP contribution in [0.3, 0.4) is 0 Å². The van der Waals surface area contributed by atoms with Gasteiger partial charge in [0.1, 0.15) is 5.82 Å². The van der Waals surface area contributed by atoms with Crippen LogP contribution in [0.5, 0.6) is 0 Å². The molecule has 0 saturated heterocycles. The number of fused-ring (bicyclic) bond motifs is 1. The Labute approximate surface area is 88.9 Å². The molecule has 0 fully saturated rings. The molecule has 0 saturated carbocycles. The molecule has 82 valence electrons. The van der Waals surface area contributed by atoms with Crippen molar-refractivity contribution in [3.63, 3.8) is 0 Å². The number of hydrogen-bond acceptors (Lipinski definition) is 2. The number of nitrogens with two attached hydrogens (primary N) is 1.